The van der Waals surface area contributed by atoms with E-state index in [1.807, 2.05) is 0 Å². The van der Waals surface area contributed by atoms with Gasteiger partial charge >= 0.3 is 35.5 Å². The van der Waals surface area contributed by atoms with Crippen LogP contribution in [0.15, 0.2) is 51.5 Å². The normalized spacial score (nSPS) is 11.2. The largest absolute Gasteiger partial charge is 1.00 e. The number of rotatable bonds is 4. The van der Waals surface area contributed by atoms with Gasteiger partial charge in [0.25, 0.3) is 10.1 Å². The number of aryl methyl sites for hydroxylation is 1. The summed E-state index contributed by atoms with van der Waals surface area (Å²) in [5.74, 6) is -1.63. The molecule has 8 nitrogen and oxygen atoms in total. The molecule has 0 aromatic heterocycles. The van der Waals surface area contributed by atoms with Crippen LogP contribution >= 0.6 is 0 Å². The van der Waals surface area contributed by atoms with E-state index >= 15 is 0 Å². The van der Waals surface area contributed by atoms with E-state index < -0.39 is 16.1 Å². The van der Waals surface area contributed by atoms with Crippen molar-refractivity contribution in [3.63, 3.8) is 0 Å². The van der Waals surface area contributed by atoms with Crippen molar-refractivity contribution in [2.45, 2.75) is 11.8 Å². The molecule has 2 aromatic carbocycles. The summed E-state index contributed by atoms with van der Waals surface area (Å²) in [7, 11) is -4.28. The molecule has 0 aliphatic carbocycles. The number of benzene rings is 2. The zero-order chi connectivity index (χ0) is 17.2. The smallest absolute Gasteiger partial charge is 0.507 e. The van der Waals surface area contributed by atoms with Crippen LogP contribution in [-0.4, -0.2) is 29.2 Å². The van der Waals surface area contributed by atoms with E-state index in [1.165, 1.54) is 31.2 Å². The van der Waals surface area contributed by atoms with Crippen molar-refractivity contribution in [2.24, 2.45) is 10.2 Å². The zero-order valence-electron chi connectivity index (χ0n) is 12.8. The second-order valence-electron chi connectivity index (χ2n) is 4.63. The van der Waals surface area contributed by atoms with Crippen molar-refractivity contribution in [1.82, 2.24) is 0 Å². The van der Waals surface area contributed by atoms with E-state index in [9.17, 15) is 18.3 Å². The van der Waals surface area contributed by atoms with Gasteiger partial charge in [0.1, 0.15) is 11.3 Å². The molecule has 0 radical (unpaired) electrons. The van der Waals surface area contributed by atoms with Gasteiger partial charge in [0, 0.05) is 0 Å². The van der Waals surface area contributed by atoms with E-state index in [1.54, 1.807) is 0 Å². The molecule has 0 bridgehead atoms. The molecule has 0 aliphatic rings. The average molecular weight is 359 g/mol. The summed E-state index contributed by atoms with van der Waals surface area (Å²) in [6.45, 7) is 1.53. The number of phenols is 1. The first-order valence-electron chi connectivity index (χ1n) is 6.24. The number of carboxylic acids is 1. The van der Waals surface area contributed by atoms with E-state index in [0.29, 0.717) is 11.3 Å². The topological polar surface area (TPSA) is 137 Å². The fourth-order valence-corrected chi connectivity index (χ4v) is 2.26. The maximum atomic E-state index is 11.0. The summed E-state index contributed by atoms with van der Waals surface area (Å²) in [6, 6.07) is 7.61. The van der Waals surface area contributed by atoms with Crippen molar-refractivity contribution in [3.8, 4) is 5.75 Å². The predicted molar refractivity (Wildman–Crippen MR) is 80.2 cm³/mol. The number of carbonyl (C=O) groups is 1. The van der Waals surface area contributed by atoms with Crippen LogP contribution in [0.2, 0.25) is 0 Å². The molecular formula is C14H12N2NaO6S+. The van der Waals surface area contributed by atoms with Crippen molar-refractivity contribution >= 4 is 27.5 Å². The molecular weight excluding hydrogens is 347 g/mol. The van der Waals surface area contributed by atoms with E-state index in [2.05, 4.69) is 10.2 Å². The number of aromatic carboxylic acids is 1. The molecule has 0 spiro atoms. The molecule has 0 amide bonds. The van der Waals surface area contributed by atoms with E-state index in [0.717, 1.165) is 12.1 Å². The first kappa shape index (κ1) is 20.3. The average Bonchev–Trinajstić information content (AvgIpc) is 2.47. The fourth-order valence-electron chi connectivity index (χ4n) is 1.78. The second-order valence-corrected chi connectivity index (χ2v) is 6.05. The first-order chi connectivity index (χ1) is 10.7. The summed E-state index contributed by atoms with van der Waals surface area (Å²) >= 11 is 0. The van der Waals surface area contributed by atoms with Gasteiger partial charge in [-0.25, -0.2) is 4.79 Å². The van der Waals surface area contributed by atoms with Crippen molar-refractivity contribution in [3.05, 3.63) is 47.5 Å². The van der Waals surface area contributed by atoms with Gasteiger partial charge in [-0.3, -0.25) is 4.55 Å². The summed E-state index contributed by atoms with van der Waals surface area (Å²) in [5.41, 5.74) is 0.567. The predicted octanol–water partition coefficient (Wildman–Crippen LogP) is 0.0649. The summed E-state index contributed by atoms with van der Waals surface area (Å²) in [6.07, 6.45) is 0. The number of carboxylic acid groups (broad SMARTS) is 1. The molecule has 0 saturated carbocycles. The Hall–Kier alpha value is -1.78. The number of nitrogens with zero attached hydrogens (tertiary/aromatic N) is 2. The van der Waals surface area contributed by atoms with Crippen LogP contribution in [0.5, 0.6) is 5.75 Å². The minimum Gasteiger partial charge on any atom is -0.507 e. The van der Waals surface area contributed by atoms with Gasteiger partial charge in [0.05, 0.1) is 16.3 Å². The van der Waals surface area contributed by atoms with Gasteiger partial charge in [0.15, 0.2) is 0 Å². The molecule has 0 saturated heterocycles. The number of azo groups is 1. The minimum absolute atomic E-state index is 0. The molecule has 0 aliphatic heterocycles. The molecule has 0 atom stereocenters. The number of hydrogen-bond acceptors (Lipinski definition) is 6. The molecule has 10 heteroatoms. The third-order valence-corrected chi connectivity index (χ3v) is 3.80. The number of hydrogen-bond donors (Lipinski definition) is 3. The Morgan fingerprint density at radius 3 is 2.08 bits per heavy atom. The zero-order valence-corrected chi connectivity index (χ0v) is 15.6. The molecule has 0 fully saturated rings. The monoisotopic (exact) mass is 359 g/mol. The summed E-state index contributed by atoms with van der Waals surface area (Å²) < 4.78 is 30.7. The summed E-state index contributed by atoms with van der Waals surface area (Å²) in [5, 5.41) is 26.3. The SMILES string of the molecule is Cc1cc(N=Nc2ccc(S(=O)(=O)O)cc2)cc(C(=O)O)c1O.[Na+]. The Morgan fingerprint density at radius 1 is 1.04 bits per heavy atom. The Bertz CT molecular complexity index is 894. The molecule has 2 aromatic rings. The van der Waals surface area contributed by atoms with E-state index in [-0.39, 0.29) is 51.5 Å². The third-order valence-electron chi connectivity index (χ3n) is 2.93. The van der Waals surface area contributed by atoms with E-state index in [4.69, 9.17) is 9.66 Å². The Morgan fingerprint density at radius 2 is 1.58 bits per heavy atom. The van der Waals surface area contributed by atoms with Gasteiger partial charge in [-0.05, 0) is 48.9 Å². The molecule has 2 rings (SSSR count). The maximum Gasteiger partial charge on any atom is 1.00 e. The van der Waals surface area contributed by atoms with Gasteiger partial charge in [-0.1, -0.05) is 0 Å². The maximum absolute atomic E-state index is 11.0. The van der Waals surface area contributed by atoms with Crippen LogP contribution in [0, 0.1) is 6.92 Å². The quantitative estimate of drug-likeness (QED) is 0.401. The number of aromatic hydroxyl groups is 1. The van der Waals surface area contributed by atoms with Crippen LogP contribution in [0.25, 0.3) is 0 Å². The van der Waals surface area contributed by atoms with Crippen LogP contribution in [0.1, 0.15) is 15.9 Å². The van der Waals surface area contributed by atoms with Gasteiger partial charge in [-0.15, -0.1) is 0 Å². The van der Waals surface area contributed by atoms with Crippen molar-refractivity contribution in [2.75, 3.05) is 0 Å². The molecule has 3 N–H and O–H groups in total. The van der Waals surface area contributed by atoms with Crippen LogP contribution in [0.4, 0.5) is 11.4 Å². The Kier molecular flexibility index (Phi) is 6.64. The molecule has 120 valence electrons. The second kappa shape index (κ2) is 7.86. The van der Waals surface area contributed by atoms with Crippen molar-refractivity contribution in [1.29, 1.82) is 0 Å². The minimum atomic E-state index is -4.28. The Balaban J connectivity index is 0.00000288. The van der Waals surface area contributed by atoms with Gasteiger partial charge < -0.3 is 10.2 Å². The molecule has 0 heterocycles. The van der Waals surface area contributed by atoms with Crippen LogP contribution < -0.4 is 29.6 Å². The Labute approximate surface area is 159 Å². The van der Waals surface area contributed by atoms with Gasteiger partial charge in [0.2, 0.25) is 0 Å². The molecule has 24 heavy (non-hydrogen) atoms. The van der Waals surface area contributed by atoms with Gasteiger partial charge in [-0.2, -0.15) is 18.6 Å². The fraction of sp³-hybridized carbons (Fsp3) is 0.0714. The van der Waals surface area contributed by atoms with Crippen molar-refractivity contribution < 1.29 is 57.5 Å². The third kappa shape index (κ3) is 4.86. The first-order valence-corrected chi connectivity index (χ1v) is 7.68. The standard InChI is InChI=1S/C14H12N2O6S.Na/c1-8-6-10(7-12(13(8)17)14(18)19)16-15-9-2-4-11(5-3-9)23(20,21)22;/h2-7,17H,1H3,(H,18,19)(H,20,21,22);/q;+1. The summed E-state index contributed by atoms with van der Waals surface area (Å²) in [4.78, 5) is 10.7. The van der Waals surface area contributed by atoms with Crippen LogP contribution in [0.3, 0.4) is 0 Å². The van der Waals surface area contributed by atoms with Crippen LogP contribution in [-0.2, 0) is 10.1 Å². The molecule has 0 unspecified atom stereocenters.